The van der Waals surface area contributed by atoms with Gasteiger partial charge in [-0.3, -0.25) is 4.79 Å². The second kappa shape index (κ2) is 7.40. The molecule has 7 heteroatoms. The molecule has 6 nitrogen and oxygen atoms in total. The molecule has 25 heavy (non-hydrogen) atoms. The lowest BCUT2D eigenvalue weighted by Crippen LogP contribution is -2.34. The summed E-state index contributed by atoms with van der Waals surface area (Å²) in [4.78, 5) is 10.9. The van der Waals surface area contributed by atoms with Gasteiger partial charge < -0.3 is 9.84 Å². The Morgan fingerprint density at radius 3 is 2.68 bits per heavy atom. The Labute approximate surface area is 149 Å². The predicted octanol–water partition coefficient (Wildman–Crippen LogP) is 2.85. The Morgan fingerprint density at radius 1 is 1.28 bits per heavy atom. The zero-order valence-electron chi connectivity index (χ0n) is 13.9. The van der Waals surface area contributed by atoms with E-state index >= 15 is 0 Å². The molecule has 0 fully saturated rings. The number of methoxy groups -OCH3 is 1. The molecule has 0 atom stereocenters. The van der Waals surface area contributed by atoms with Gasteiger partial charge in [0.15, 0.2) is 0 Å². The molecule has 0 saturated heterocycles. The number of thioether (sulfide) groups is 1. The highest BCUT2D eigenvalue weighted by molar-refractivity contribution is 7.99. The molecular weight excluding hydrogens is 338 g/mol. The fourth-order valence-corrected chi connectivity index (χ4v) is 3.16. The third-order valence-electron chi connectivity index (χ3n) is 3.62. The van der Waals surface area contributed by atoms with Crippen LogP contribution in [-0.2, 0) is 4.79 Å². The Hall–Kier alpha value is -2.80. The summed E-state index contributed by atoms with van der Waals surface area (Å²) in [5.74, 6) is 0.603. The summed E-state index contributed by atoms with van der Waals surface area (Å²) >= 11 is 1.17. The first kappa shape index (κ1) is 17.0. The molecule has 0 unspecified atom stereocenters. The van der Waals surface area contributed by atoms with Gasteiger partial charge in [-0.25, -0.2) is 0 Å². The fourth-order valence-electron chi connectivity index (χ4n) is 2.48. The fraction of sp³-hybridized carbons (Fsp3) is 0.167. The lowest BCUT2D eigenvalue weighted by molar-refractivity contribution is -0.625. The van der Waals surface area contributed by atoms with E-state index in [0.717, 1.165) is 28.4 Å². The molecule has 0 radical (unpaired) electrons. The highest BCUT2D eigenvalue weighted by atomic mass is 32.2. The van der Waals surface area contributed by atoms with Crippen LogP contribution in [0.25, 0.3) is 17.1 Å². The Bertz CT molecular complexity index is 891. The molecule has 2 aromatic carbocycles. The number of carboxylic acids is 1. The maximum atomic E-state index is 10.9. The van der Waals surface area contributed by atoms with Gasteiger partial charge in [-0.05, 0) is 55.1 Å². The van der Waals surface area contributed by atoms with Crippen molar-refractivity contribution >= 4 is 17.7 Å². The first-order valence-corrected chi connectivity index (χ1v) is 8.63. The second-order valence-corrected chi connectivity index (χ2v) is 6.38. The molecule has 2 N–H and O–H groups in total. The Kier molecular flexibility index (Phi) is 5.04. The molecule has 0 aliphatic heterocycles. The first-order valence-electron chi connectivity index (χ1n) is 7.65. The average molecular weight is 356 g/mol. The third-order valence-corrected chi connectivity index (χ3v) is 4.54. The summed E-state index contributed by atoms with van der Waals surface area (Å²) in [5.41, 5.74) is 2.98. The predicted molar refractivity (Wildman–Crippen MR) is 95.2 cm³/mol. The van der Waals surface area contributed by atoms with Crippen LogP contribution >= 0.6 is 11.8 Å². The molecule has 0 aliphatic carbocycles. The number of aromatic nitrogens is 3. The zero-order chi connectivity index (χ0) is 17.8. The number of H-pyrrole nitrogens is 1. The van der Waals surface area contributed by atoms with Crippen molar-refractivity contribution in [3.8, 4) is 22.8 Å². The first-order chi connectivity index (χ1) is 12.1. The highest BCUT2D eigenvalue weighted by Crippen LogP contribution is 2.22. The molecule has 0 saturated carbocycles. The quantitative estimate of drug-likeness (QED) is 0.524. The number of carboxylic acid groups (broad SMARTS) is 1. The number of nitrogens with zero attached hydrogens (tertiary/aromatic N) is 2. The minimum Gasteiger partial charge on any atom is -0.497 e. The van der Waals surface area contributed by atoms with Gasteiger partial charge in [0.2, 0.25) is 0 Å². The Morgan fingerprint density at radius 2 is 2.04 bits per heavy atom. The van der Waals surface area contributed by atoms with Crippen LogP contribution in [0, 0.1) is 6.92 Å². The van der Waals surface area contributed by atoms with Gasteiger partial charge in [0.05, 0.1) is 17.8 Å². The third kappa shape index (κ3) is 3.83. The highest BCUT2D eigenvalue weighted by Gasteiger charge is 2.24. The number of ether oxygens (including phenoxy) is 1. The maximum Gasteiger partial charge on any atom is 0.342 e. The molecule has 0 aliphatic rings. The van der Waals surface area contributed by atoms with Gasteiger partial charge in [0.1, 0.15) is 17.2 Å². The SMILES string of the molecule is COc1ccc(-[n+]2c(SCC(=O)O)n[nH]c2-c2cccc(C)c2)cc1. The molecule has 0 bridgehead atoms. The van der Waals surface area contributed by atoms with E-state index in [0.29, 0.717) is 5.16 Å². The van der Waals surface area contributed by atoms with E-state index in [2.05, 4.69) is 16.3 Å². The minimum absolute atomic E-state index is 0.0612. The molecule has 128 valence electrons. The van der Waals surface area contributed by atoms with E-state index in [1.807, 2.05) is 54.0 Å². The summed E-state index contributed by atoms with van der Waals surface area (Å²) in [6, 6.07) is 15.6. The summed E-state index contributed by atoms with van der Waals surface area (Å²) in [5, 5.41) is 16.9. The van der Waals surface area contributed by atoms with Crippen molar-refractivity contribution in [3.63, 3.8) is 0 Å². The summed E-state index contributed by atoms with van der Waals surface area (Å²) < 4.78 is 7.13. The van der Waals surface area contributed by atoms with Crippen LogP contribution in [-0.4, -0.2) is 34.1 Å². The van der Waals surface area contributed by atoms with E-state index in [-0.39, 0.29) is 5.75 Å². The van der Waals surface area contributed by atoms with Gasteiger partial charge in [0, 0.05) is 0 Å². The van der Waals surface area contributed by atoms with Gasteiger partial charge >= 0.3 is 11.1 Å². The van der Waals surface area contributed by atoms with Gasteiger partial charge in [-0.1, -0.05) is 17.7 Å². The maximum absolute atomic E-state index is 10.9. The summed E-state index contributed by atoms with van der Waals surface area (Å²) in [6.07, 6.45) is 0. The number of aryl methyl sites for hydroxylation is 1. The van der Waals surface area contributed by atoms with Crippen molar-refractivity contribution in [1.82, 2.24) is 10.2 Å². The minimum atomic E-state index is -0.883. The van der Waals surface area contributed by atoms with Crippen molar-refractivity contribution in [1.29, 1.82) is 0 Å². The number of aliphatic carboxylic acids is 1. The number of nitrogens with one attached hydrogen (secondary N) is 1. The van der Waals surface area contributed by atoms with Crippen LogP contribution in [0.4, 0.5) is 0 Å². The van der Waals surface area contributed by atoms with Crippen molar-refractivity contribution < 1.29 is 19.2 Å². The van der Waals surface area contributed by atoms with E-state index in [1.165, 1.54) is 11.8 Å². The normalized spacial score (nSPS) is 10.6. The van der Waals surface area contributed by atoms with Crippen LogP contribution in [0.5, 0.6) is 5.75 Å². The monoisotopic (exact) mass is 356 g/mol. The number of hydrogen-bond acceptors (Lipinski definition) is 4. The smallest absolute Gasteiger partial charge is 0.342 e. The number of rotatable bonds is 6. The molecule has 3 rings (SSSR count). The van der Waals surface area contributed by atoms with Crippen LogP contribution in [0.3, 0.4) is 0 Å². The molecule has 1 aromatic heterocycles. The Balaban J connectivity index is 2.10. The lowest BCUT2D eigenvalue weighted by atomic mass is 10.1. The van der Waals surface area contributed by atoms with E-state index in [4.69, 9.17) is 9.84 Å². The van der Waals surface area contributed by atoms with Crippen molar-refractivity contribution in [2.45, 2.75) is 12.1 Å². The molecule has 0 amide bonds. The average Bonchev–Trinajstić information content (AvgIpc) is 3.04. The van der Waals surface area contributed by atoms with E-state index < -0.39 is 5.97 Å². The lowest BCUT2D eigenvalue weighted by Gasteiger charge is -2.06. The molecular formula is C18H18N3O3S+. The van der Waals surface area contributed by atoms with Crippen molar-refractivity contribution in [2.24, 2.45) is 0 Å². The van der Waals surface area contributed by atoms with Gasteiger partial charge in [-0.2, -0.15) is 4.57 Å². The summed E-state index contributed by atoms with van der Waals surface area (Å²) in [7, 11) is 1.62. The number of carbonyl (C=O) groups is 1. The summed E-state index contributed by atoms with van der Waals surface area (Å²) in [6.45, 7) is 2.03. The van der Waals surface area contributed by atoms with Crippen molar-refractivity contribution in [2.75, 3.05) is 12.9 Å². The van der Waals surface area contributed by atoms with Crippen LogP contribution in [0.15, 0.2) is 53.7 Å². The van der Waals surface area contributed by atoms with Gasteiger partial charge in [0.25, 0.3) is 5.82 Å². The van der Waals surface area contributed by atoms with E-state index in [1.54, 1.807) is 7.11 Å². The number of aromatic amines is 1. The van der Waals surface area contributed by atoms with Crippen LogP contribution in [0.2, 0.25) is 0 Å². The zero-order valence-corrected chi connectivity index (χ0v) is 14.7. The second-order valence-electron chi connectivity index (χ2n) is 5.44. The molecule has 3 aromatic rings. The largest absolute Gasteiger partial charge is 0.497 e. The number of hydrogen-bond donors (Lipinski definition) is 2. The van der Waals surface area contributed by atoms with Crippen molar-refractivity contribution in [3.05, 3.63) is 54.1 Å². The number of benzene rings is 2. The van der Waals surface area contributed by atoms with Crippen LogP contribution in [0.1, 0.15) is 5.56 Å². The molecule has 1 heterocycles. The standard InChI is InChI=1S/C18H17N3O3S/c1-12-4-3-5-13(10-12)17-19-20-18(25-11-16(22)23)21(17)14-6-8-15(24-2)9-7-14/h3-10H,11H2,1-2H3,(H,22,23)/p+1. The van der Waals surface area contributed by atoms with E-state index in [9.17, 15) is 4.79 Å². The van der Waals surface area contributed by atoms with Crippen LogP contribution < -0.4 is 9.30 Å². The molecule has 0 spiro atoms. The topological polar surface area (TPSA) is 79.1 Å². The van der Waals surface area contributed by atoms with Gasteiger partial charge in [-0.15, -0.1) is 5.10 Å².